The lowest BCUT2D eigenvalue weighted by Gasteiger charge is -2.27. The van der Waals surface area contributed by atoms with Gasteiger partial charge in [-0.3, -0.25) is 14.5 Å². The number of halogens is 2. The number of aliphatic hydroxyl groups is 1. The standard InChI is InChI=1S/C29H27F2NO3/c1-16-8-6-7-9-20(16)25-24(26(33)21-14-18(29(3,4)5)11-10-17(21)2)27(34)28(35)32(25)19-12-13-22(30)23(31)15-19/h6-15,25,33H,1-5H3/b26-24+. The van der Waals surface area contributed by atoms with Crippen molar-refractivity contribution in [3.05, 3.63) is 106 Å². The zero-order chi connectivity index (χ0) is 25.7. The van der Waals surface area contributed by atoms with Crippen LogP contribution in [-0.2, 0) is 15.0 Å². The fourth-order valence-corrected chi connectivity index (χ4v) is 4.41. The van der Waals surface area contributed by atoms with Crippen LogP contribution in [0.5, 0.6) is 0 Å². The number of hydrogen-bond donors (Lipinski definition) is 1. The molecule has 1 atom stereocenters. The molecule has 0 spiro atoms. The number of aryl methyl sites for hydroxylation is 2. The van der Waals surface area contributed by atoms with Gasteiger partial charge >= 0.3 is 0 Å². The third-order valence-electron chi connectivity index (χ3n) is 6.47. The van der Waals surface area contributed by atoms with Crippen LogP contribution in [0.25, 0.3) is 5.76 Å². The highest BCUT2D eigenvalue weighted by atomic mass is 19.2. The maximum absolute atomic E-state index is 14.1. The van der Waals surface area contributed by atoms with Crippen molar-refractivity contribution < 1.29 is 23.5 Å². The van der Waals surface area contributed by atoms with Crippen LogP contribution < -0.4 is 4.90 Å². The second-order valence-corrected chi connectivity index (χ2v) is 9.90. The Balaban J connectivity index is 2.01. The summed E-state index contributed by atoms with van der Waals surface area (Å²) >= 11 is 0. The lowest BCUT2D eigenvalue weighted by atomic mass is 9.84. The van der Waals surface area contributed by atoms with Crippen molar-refractivity contribution in [1.82, 2.24) is 0 Å². The number of anilines is 1. The van der Waals surface area contributed by atoms with Crippen molar-refractivity contribution in [3.63, 3.8) is 0 Å². The second kappa shape index (κ2) is 8.77. The Morgan fingerprint density at radius 3 is 2.20 bits per heavy atom. The van der Waals surface area contributed by atoms with Gasteiger partial charge in [0.15, 0.2) is 11.6 Å². The van der Waals surface area contributed by atoms with Crippen LogP contribution >= 0.6 is 0 Å². The van der Waals surface area contributed by atoms with Gasteiger partial charge in [0.05, 0.1) is 11.6 Å². The molecule has 35 heavy (non-hydrogen) atoms. The normalized spacial score (nSPS) is 17.8. The van der Waals surface area contributed by atoms with Gasteiger partial charge in [0.25, 0.3) is 11.7 Å². The first-order valence-corrected chi connectivity index (χ1v) is 11.3. The molecule has 3 aromatic rings. The van der Waals surface area contributed by atoms with Crippen LogP contribution in [0.2, 0.25) is 0 Å². The summed E-state index contributed by atoms with van der Waals surface area (Å²) in [6, 6.07) is 14.8. The molecule has 1 fully saturated rings. The van der Waals surface area contributed by atoms with E-state index in [1.165, 1.54) is 6.07 Å². The molecule has 0 radical (unpaired) electrons. The van der Waals surface area contributed by atoms with E-state index in [-0.39, 0.29) is 22.4 Å². The van der Waals surface area contributed by atoms with Gasteiger partial charge < -0.3 is 5.11 Å². The van der Waals surface area contributed by atoms with Crippen molar-refractivity contribution >= 4 is 23.1 Å². The first-order valence-electron chi connectivity index (χ1n) is 11.3. The number of ketones is 1. The molecule has 1 N–H and O–H groups in total. The van der Waals surface area contributed by atoms with Gasteiger partial charge in [-0.15, -0.1) is 0 Å². The number of carbonyl (C=O) groups is 2. The summed E-state index contributed by atoms with van der Waals surface area (Å²) in [6.45, 7) is 9.76. The minimum Gasteiger partial charge on any atom is -0.507 e. The molecule has 1 aliphatic heterocycles. The van der Waals surface area contributed by atoms with Crippen molar-refractivity contribution in [2.75, 3.05) is 4.90 Å². The smallest absolute Gasteiger partial charge is 0.300 e. The minimum absolute atomic E-state index is 0.0264. The number of rotatable bonds is 3. The fourth-order valence-electron chi connectivity index (χ4n) is 4.41. The lowest BCUT2D eigenvalue weighted by Crippen LogP contribution is -2.30. The average molecular weight is 476 g/mol. The highest BCUT2D eigenvalue weighted by Crippen LogP contribution is 2.44. The second-order valence-electron chi connectivity index (χ2n) is 9.90. The predicted molar refractivity (Wildman–Crippen MR) is 132 cm³/mol. The van der Waals surface area contributed by atoms with Crippen LogP contribution in [0, 0.1) is 25.5 Å². The number of hydrogen-bond acceptors (Lipinski definition) is 3. The van der Waals surface area contributed by atoms with Gasteiger partial charge in [0.2, 0.25) is 0 Å². The van der Waals surface area contributed by atoms with Crippen LogP contribution in [-0.4, -0.2) is 16.8 Å². The van der Waals surface area contributed by atoms with E-state index < -0.39 is 29.4 Å². The van der Waals surface area contributed by atoms with Gasteiger partial charge in [0, 0.05) is 17.3 Å². The molecule has 0 aromatic heterocycles. The monoisotopic (exact) mass is 475 g/mol. The third-order valence-corrected chi connectivity index (χ3v) is 6.47. The SMILES string of the molecule is Cc1ccc(C(C)(C)C)cc1/C(O)=C1\C(=O)C(=O)N(c2ccc(F)c(F)c2)C1c1ccccc1C. The topological polar surface area (TPSA) is 57.6 Å². The van der Waals surface area contributed by atoms with Crippen LogP contribution in [0.1, 0.15) is 54.6 Å². The van der Waals surface area contributed by atoms with E-state index in [0.717, 1.165) is 33.7 Å². The first kappa shape index (κ1) is 24.3. The predicted octanol–water partition coefficient (Wildman–Crippen LogP) is 6.51. The molecule has 1 unspecified atom stereocenters. The summed E-state index contributed by atoms with van der Waals surface area (Å²) in [6.07, 6.45) is 0. The van der Waals surface area contributed by atoms with Crippen molar-refractivity contribution in [3.8, 4) is 0 Å². The van der Waals surface area contributed by atoms with Gasteiger partial charge in [-0.2, -0.15) is 0 Å². The quantitative estimate of drug-likeness (QED) is 0.267. The van der Waals surface area contributed by atoms with E-state index in [4.69, 9.17) is 0 Å². The Labute approximate surface area is 203 Å². The summed E-state index contributed by atoms with van der Waals surface area (Å²) in [5.41, 5.74) is 3.22. The molecule has 1 aliphatic rings. The van der Waals surface area contributed by atoms with E-state index in [0.29, 0.717) is 11.1 Å². The molecule has 6 heteroatoms. The van der Waals surface area contributed by atoms with Crippen LogP contribution in [0.3, 0.4) is 0 Å². The zero-order valence-electron chi connectivity index (χ0n) is 20.3. The lowest BCUT2D eigenvalue weighted by molar-refractivity contribution is -0.132. The number of aliphatic hydroxyl groups excluding tert-OH is 1. The molecule has 4 nitrogen and oxygen atoms in total. The molecule has 0 bridgehead atoms. The fraction of sp³-hybridized carbons (Fsp3) is 0.241. The molecular formula is C29H27F2NO3. The molecule has 4 rings (SSSR count). The van der Waals surface area contributed by atoms with Crippen molar-refractivity contribution in [1.29, 1.82) is 0 Å². The van der Waals surface area contributed by atoms with E-state index in [1.807, 2.05) is 65.0 Å². The number of Topliss-reactive ketones (excluding diaryl/α,β-unsaturated/α-hetero) is 1. The van der Waals surface area contributed by atoms with E-state index in [9.17, 15) is 23.5 Å². The number of carbonyl (C=O) groups excluding carboxylic acids is 2. The van der Waals surface area contributed by atoms with E-state index in [1.54, 1.807) is 12.1 Å². The maximum atomic E-state index is 14.1. The van der Waals surface area contributed by atoms with E-state index >= 15 is 0 Å². The number of benzene rings is 3. The molecule has 0 aliphatic carbocycles. The van der Waals surface area contributed by atoms with Gasteiger partial charge in [-0.05, 0) is 59.7 Å². The number of amides is 1. The Kier molecular flexibility index (Phi) is 6.09. The summed E-state index contributed by atoms with van der Waals surface area (Å²) in [7, 11) is 0. The van der Waals surface area contributed by atoms with Crippen LogP contribution in [0.4, 0.5) is 14.5 Å². The molecule has 1 saturated heterocycles. The molecule has 0 saturated carbocycles. The van der Waals surface area contributed by atoms with Gasteiger partial charge in [0.1, 0.15) is 5.76 Å². The Morgan fingerprint density at radius 1 is 0.886 bits per heavy atom. The summed E-state index contributed by atoms with van der Waals surface area (Å²) in [4.78, 5) is 27.8. The highest BCUT2D eigenvalue weighted by Gasteiger charge is 2.47. The van der Waals surface area contributed by atoms with Crippen molar-refractivity contribution in [2.45, 2.75) is 46.1 Å². The summed E-state index contributed by atoms with van der Waals surface area (Å²) in [5, 5.41) is 11.5. The molecule has 1 heterocycles. The van der Waals surface area contributed by atoms with E-state index in [2.05, 4.69) is 0 Å². The summed E-state index contributed by atoms with van der Waals surface area (Å²) in [5.74, 6) is -4.31. The summed E-state index contributed by atoms with van der Waals surface area (Å²) < 4.78 is 27.8. The van der Waals surface area contributed by atoms with Gasteiger partial charge in [-0.25, -0.2) is 8.78 Å². The number of nitrogens with zero attached hydrogens (tertiary/aromatic N) is 1. The molecule has 3 aromatic carbocycles. The Bertz CT molecular complexity index is 1380. The van der Waals surface area contributed by atoms with Crippen molar-refractivity contribution in [2.24, 2.45) is 0 Å². The van der Waals surface area contributed by atoms with Gasteiger partial charge in [-0.1, -0.05) is 57.2 Å². The highest BCUT2D eigenvalue weighted by molar-refractivity contribution is 6.51. The molecular weight excluding hydrogens is 448 g/mol. The first-order chi connectivity index (χ1) is 16.4. The average Bonchev–Trinajstić information content (AvgIpc) is 3.05. The Morgan fingerprint density at radius 2 is 1.57 bits per heavy atom. The molecule has 180 valence electrons. The zero-order valence-corrected chi connectivity index (χ0v) is 20.3. The molecule has 1 amide bonds. The Hall–Kier alpha value is -3.80. The third kappa shape index (κ3) is 4.25. The van der Waals surface area contributed by atoms with Crippen LogP contribution in [0.15, 0.2) is 66.2 Å². The maximum Gasteiger partial charge on any atom is 0.300 e. The minimum atomic E-state index is -1.14. The largest absolute Gasteiger partial charge is 0.507 e.